The molecule has 4 amide bonds. The second-order valence-corrected chi connectivity index (χ2v) is 39.9. The van der Waals surface area contributed by atoms with Crippen molar-refractivity contribution >= 4 is 80.8 Å². The molecule has 4 aliphatic heterocycles. The number of hydrogen-bond acceptors (Lipinski definition) is 24. The van der Waals surface area contributed by atoms with E-state index in [1.807, 2.05) is 86.6 Å². The first kappa shape index (κ1) is 98.7. The fraction of sp³-hybridized carbons (Fsp3) is 0.530. The lowest BCUT2D eigenvalue weighted by Crippen LogP contribution is -2.54. The lowest BCUT2D eigenvalue weighted by molar-refractivity contribution is -0.147. The first-order chi connectivity index (χ1) is 55.9. The van der Waals surface area contributed by atoms with Gasteiger partial charge in [-0.1, -0.05) is 116 Å². The number of aliphatic hydroxyl groups excluding tert-OH is 3. The number of esters is 1. The van der Waals surface area contributed by atoms with Gasteiger partial charge in [0.25, 0.3) is 46.0 Å². The fourth-order valence-electron chi connectivity index (χ4n) is 13.3. The number of aromatic nitrogens is 4. The largest absolute Gasteiger partial charge is 0.509 e. The van der Waals surface area contributed by atoms with E-state index in [-0.39, 0.29) is 106 Å². The number of benzene rings is 1. The van der Waals surface area contributed by atoms with Gasteiger partial charge in [0.2, 0.25) is 11.8 Å². The molecule has 6 aromatic rings. The Kier molecular flexibility index (Phi) is 37.7. The number of hydrogen-bond donors (Lipinski definition) is 8. The average molecular weight is 1730 g/mol. The number of ether oxygens (including phenoxy) is 2. The number of allylic oxidation sites excluding steroid dienone is 3. The molecule has 2 saturated heterocycles. The van der Waals surface area contributed by atoms with Crippen molar-refractivity contribution in [3.63, 3.8) is 0 Å². The van der Waals surface area contributed by atoms with E-state index < -0.39 is 106 Å². The van der Waals surface area contributed by atoms with Crippen molar-refractivity contribution in [2.45, 2.75) is 204 Å². The minimum Gasteiger partial charge on any atom is -0.509 e. The van der Waals surface area contributed by atoms with E-state index in [0.29, 0.717) is 82.0 Å². The Morgan fingerprint density at radius 2 is 1.04 bits per heavy atom. The van der Waals surface area contributed by atoms with Gasteiger partial charge in [0.1, 0.15) is 29.0 Å². The number of pyridine rings is 4. The molecule has 0 spiro atoms. The van der Waals surface area contributed by atoms with Crippen molar-refractivity contribution in [1.29, 1.82) is 0 Å². The minimum absolute atomic E-state index is 0.0181. The number of fused-ring (bicyclic) bond motifs is 1. The summed E-state index contributed by atoms with van der Waals surface area (Å²) in [5, 5.41) is 43.4. The van der Waals surface area contributed by atoms with Crippen molar-refractivity contribution in [2.24, 2.45) is 47.2 Å². The van der Waals surface area contributed by atoms with Crippen LogP contribution in [0.25, 0.3) is 11.0 Å². The lowest BCUT2D eigenvalue weighted by Gasteiger charge is -2.28. The number of sulfonamides is 4. The Balaban J connectivity index is 0.000000247. The zero-order valence-electron chi connectivity index (χ0n) is 70.5. The highest BCUT2D eigenvalue weighted by molar-refractivity contribution is 7.89. The number of aryl methyl sites for hydroxylation is 1. The molecule has 5 aromatic heterocycles. The van der Waals surface area contributed by atoms with Crippen molar-refractivity contribution in [2.75, 3.05) is 59.0 Å². The monoisotopic (exact) mass is 1730 g/mol. The maximum Gasteiger partial charge on any atom is 0.408 e. The summed E-state index contributed by atoms with van der Waals surface area (Å²) in [6, 6.07) is 23.1. The molecule has 9 N–H and O–H groups in total. The van der Waals surface area contributed by atoms with Crippen molar-refractivity contribution in [3.8, 4) is 0 Å². The maximum atomic E-state index is 13.4. The van der Waals surface area contributed by atoms with Gasteiger partial charge in [-0.15, -0.1) is 6.58 Å². The van der Waals surface area contributed by atoms with E-state index in [1.165, 1.54) is 66.3 Å². The molecule has 10 rings (SSSR count). The van der Waals surface area contributed by atoms with Gasteiger partial charge in [0, 0.05) is 81.7 Å². The third kappa shape index (κ3) is 30.5. The number of furan rings is 1. The number of carbonyl (C=O) groups excluding carboxylic acids is 5. The van der Waals surface area contributed by atoms with E-state index in [0.717, 1.165) is 17.4 Å². The summed E-state index contributed by atoms with van der Waals surface area (Å²) in [4.78, 5) is 78.3. The molecule has 4 unspecified atom stereocenters. The van der Waals surface area contributed by atoms with Gasteiger partial charge < -0.3 is 56.2 Å². The average Bonchev–Trinajstić information content (AvgIpc) is 1.75. The summed E-state index contributed by atoms with van der Waals surface area (Å²) in [6.45, 7) is 31.4. The summed E-state index contributed by atoms with van der Waals surface area (Å²) < 4.78 is 123. The number of nitrogens with two attached hydrogens (primary N) is 1. The Hall–Kier alpha value is -9.11. The van der Waals surface area contributed by atoms with Crippen LogP contribution in [0.2, 0.25) is 0 Å². The van der Waals surface area contributed by atoms with Crippen LogP contribution in [0.3, 0.4) is 0 Å². The number of alkyl carbamates (subject to hydrolysis) is 1. The molecule has 0 saturated carbocycles. The van der Waals surface area contributed by atoms with E-state index in [2.05, 4.69) is 54.7 Å². The fourth-order valence-corrected chi connectivity index (χ4v) is 19.2. The highest BCUT2D eigenvalue weighted by Crippen LogP contribution is 2.29. The second kappa shape index (κ2) is 45.5. The quantitative estimate of drug-likeness (QED) is 0.0219. The summed E-state index contributed by atoms with van der Waals surface area (Å²) in [7, 11) is -15.0. The summed E-state index contributed by atoms with van der Waals surface area (Å²) in [6.07, 6.45) is 12.0. The maximum absolute atomic E-state index is 13.4. The second-order valence-electron chi connectivity index (χ2n) is 32.4. The minimum atomic E-state index is -3.91. The van der Waals surface area contributed by atoms with Gasteiger partial charge in [-0.25, -0.2) is 58.4 Å². The lowest BCUT2D eigenvalue weighted by atomic mass is 9.98. The van der Waals surface area contributed by atoms with Gasteiger partial charge in [0.05, 0.1) is 43.4 Å². The topological polar surface area (TPSA) is 453 Å². The molecule has 0 bridgehead atoms. The third-order valence-electron chi connectivity index (χ3n) is 19.1. The normalized spacial score (nSPS) is 21.4. The van der Waals surface area contributed by atoms with Crippen LogP contribution in [0, 0.1) is 48.3 Å². The van der Waals surface area contributed by atoms with Crippen molar-refractivity contribution < 1.29 is 86.9 Å². The Morgan fingerprint density at radius 1 is 0.605 bits per heavy atom. The van der Waals surface area contributed by atoms with Crippen LogP contribution in [0.4, 0.5) is 4.79 Å². The molecule has 1 aromatic carbocycles. The van der Waals surface area contributed by atoms with Crippen LogP contribution in [-0.2, 0) is 64.0 Å². The van der Waals surface area contributed by atoms with Crippen molar-refractivity contribution in [1.82, 2.24) is 58.4 Å². The Morgan fingerprint density at radius 3 is 1.47 bits per heavy atom. The molecule has 0 radical (unpaired) electrons. The number of aliphatic hydroxyl groups is 3. The standard InChI is InChI=1S/C28H36N4O6S.C23H38N4O6S.C12H17N3O3S.C12H16N2O2S.C8H14O2/c1-17(2)11-22(31-28(35)25-14-20-12-18(3)8-9-24(20)38-25)27(34)30-21-13-19(4)15-32(16-23(21)33)39(36,37)26-7-5-6-10-29-26;1-15(2)11-18(26-22(30)33-23(4,5)6)21(29)25-17-12-16(3)13-27(14-19(17)28)34(31,32)20-9-7-8-10-24-20;1-9-6-10(13)11(16)8-15(7-9)19(17,18)12-4-2-3-5-14-12;1-11-6-3-5-9-14(10-11)17(15,16)12-7-2-4-8-13-12;1-4-6-7(3)8(9)10-5-2/h5-10,12,14,17,19,21-23,33H,11,13,15-16H2,1-4H3,(H,30,34)(H,31,35);7-10,15-19,28H,11-14H2,1-6H3,(H,25,29)(H,26,30);2-5,9,16H,6-8,13H2,1H3;2-5,7-8,11H,6,9-10H2,1H3;4,7H,1,5-6H2,2-3H3/t19-,21-,22-,23?;16-,17?,18-,19?;9-;11-;/m0000./s1. The van der Waals surface area contributed by atoms with Crippen molar-refractivity contribution in [3.05, 3.63) is 169 Å². The van der Waals surface area contributed by atoms with Crippen LogP contribution < -0.4 is 27.0 Å². The third-order valence-corrected chi connectivity index (χ3v) is 26.1. The number of amides is 4. The van der Waals surface area contributed by atoms with Gasteiger partial charge in [-0.05, 0) is 182 Å². The summed E-state index contributed by atoms with van der Waals surface area (Å²) in [5.41, 5.74) is 6.97. The number of nitrogens with one attached hydrogen (secondary N) is 4. The number of carbonyl (C=O) groups is 5. The van der Waals surface area contributed by atoms with E-state index in [4.69, 9.17) is 19.6 Å². The smallest absolute Gasteiger partial charge is 0.408 e. The zero-order chi connectivity index (χ0) is 88.3. The SMILES string of the molecule is C=CCC(C)C(=O)OCC.CC(C)C[C@H](NC(=O)OC(C)(C)C)C(=O)NC1C[C@H](C)CN(S(=O)(=O)c2ccccn2)CC1O.C[C@H]1CC(N)=C(O)CN(S(=O)(=O)c2ccccn2)C1.C[C@H]1CC=CCN(S(=O)(=O)c2ccccn2)C1.Cc1ccc2oc(C(=O)N[C@@H](CC(C)C)C(=O)N[C@H]3C[C@H](C)CN(S(=O)(=O)c4ccccn4)CC3O)cc2c1. The highest BCUT2D eigenvalue weighted by atomic mass is 32.2. The van der Waals surface area contributed by atoms with Crippen LogP contribution in [0.15, 0.2) is 183 Å². The molecular weight excluding hydrogens is 1610 g/mol. The van der Waals surface area contributed by atoms with Crippen LogP contribution in [-0.4, -0.2) is 217 Å². The van der Waals surface area contributed by atoms with Crippen LogP contribution in [0.5, 0.6) is 0 Å². The van der Waals surface area contributed by atoms with Gasteiger partial charge >= 0.3 is 12.1 Å². The molecule has 656 valence electrons. The summed E-state index contributed by atoms with van der Waals surface area (Å²) in [5.74, 6) is -1.25. The zero-order valence-corrected chi connectivity index (χ0v) is 73.7. The predicted octanol–water partition coefficient (Wildman–Crippen LogP) is 9.02. The van der Waals surface area contributed by atoms with Gasteiger partial charge in [0.15, 0.2) is 25.9 Å². The van der Waals surface area contributed by atoms with E-state index >= 15 is 0 Å². The van der Waals surface area contributed by atoms with Gasteiger partial charge in [-0.2, -0.15) is 17.2 Å². The number of rotatable bonds is 23. The molecule has 32 nitrogen and oxygen atoms in total. The first-order valence-corrected chi connectivity index (χ1v) is 45.6. The molecule has 36 heteroatoms. The molecule has 9 heterocycles. The molecule has 2 fully saturated rings. The molecular formula is C83H121N13O19S4. The molecule has 4 aliphatic rings. The Bertz CT molecular complexity index is 4830. The first-order valence-electron chi connectivity index (χ1n) is 39.9. The van der Waals surface area contributed by atoms with E-state index in [9.17, 15) is 73.0 Å². The number of β-amino-alcohol motifs (C(OH)–C–C–N with tert-alkyl or cyclic N) is 2. The van der Waals surface area contributed by atoms with Crippen LogP contribution >= 0.6 is 0 Å². The molecule has 119 heavy (non-hydrogen) atoms. The van der Waals surface area contributed by atoms with Gasteiger partial charge in [-0.3, -0.25) is 19.2 Å². The Labute approximate surface area is 701 Å². The number of nitrogens with zero attached hydrogens (tertiary/aromatic N) is 8. The molecule has 0 aliphatic carbocycles. The summed E-state index contributed by atoms with van der Waals surface area (Å²) >= 11 is 0. The highest BCUT2D eigenvalue weighted by Gasteiger charge is 2.41. The van der Waals surface area contributed by atoms with Crippen LogP contribution in [0.1, 0.15) is 151 Å². The van der Waals surface area contributed by atoms with E-state index in [1.54, 1.807) is 94.4 Å². The molecule has 11 atom stereocenters. The predicted molar refractivity (Wildman–Crippen MR) is 451 cm³/mol.